The van der Waals surface area contributed by atoms with Gasteiger partial charge in [0.2, 0.25) is 5.95 Å². The summed E-state index contributed by atoms with van der Waals surface area (Å²) in [5, 5.41) is -0.135. The summed E-state index contributed by atoms with van der Waals surface area (Å²) in [5.41, 5.74) is 0.270. The Morgan fingerprint density at radius 1 is 1.64 bits per heavy atom. The first-order chi connectivity index (χ1) is 4.74. The van der Waals surface area contributed by atoms with Gasteiger partial charge in [-0.1, -0.05) is 11.6 Å². The molecule has 1 aromatic rings. The van der Waals surface area contributed by atoms with E-state index in [0.29, 0.717) is 6.29 Å². The minimum absolute atomic E-state index is 0. The molecule has 1 heterocycles. The first-order valence-corrected chi connectivity index (χ1v) is 2.88. The third-order valence-electron chi connectivity index (χ3n) is 0.954. The summed E-state index contributed by atoms with van der Waals surface area (Å²) in [7, 11) is 0. The minimum atomic E-state index is -0.757. The summed E-state index contributed by atoms with van der Waals surface area (Å²) in [4.78, 5) is 13.3. The SMILES string of the molecule is Cl.O=Cc1cnc(F)c(Cl)c1. The van der Waals surface area contributed by atoms with Gasteiger partial charge in [-0.3, -0.25) is 4.79 Å². The minimum Gasteiger partial charge on any atom is -0.298 e. The Bertz CT molecular complexity index is 267. The second kappa shape index (κ2) is 4.26. The number of hydrogen-bond acceptors (Lipinski definition) is 2. The molecule has 2 nitrogen and oxygen atoms in total. The first kappa shape index (κ1) is 10.3. The van der Waals surface area contributed by atoms with Crippen molar-refractivity contribution < 1.29 is 9.18 Å². The first-order valence-electron chi connectivity index (χ1n) is 2.50. The van der Waals surface area contributed by atoms with Gasteiger partial charge in [0.05, 0.1) is 5.02 Å². The molecule has 0 aliphatic rings. The molecule has 0 N–H and O–H groups in total. The van der Waals surface area contributed by atoms with Gasteiger partial charge in [-0.25, -0.2) is 4.98 Å². The summed E-state index contributed by atoms with van der Waals surface area (Å²) in [5.74, 6) is -0.757. The average molecular weight is 196 g/mol. The third-order valence-corrected chi connectivity index (χ3v) is 1.22. The van der Waals surface area contributed by atoms with Gasteiger partial charge in [0.25, 0.3) is 0 Å². The van der Waals surface area contributed by atoms with Crippen molar-refractivity contribution in [2.45, 2.75) is 0 Å². The zero-order valence-corrected chi connectivity index (χ0v) is 6.82. The molecular formula is C6H4Cl2FNO. The monoisotopic (exact) mass is 195 g/mol. The topological polar surface area (TPSA) is 30.0 Å². The van der Waals surface area contributed by atoms with Crippen LogP contribution in [0.2, 0.25) is 5.02 Å². The van der Waals surface area contributed by atoms with Gasteiger partial charge >= 0.3 is 0 Å². The van der Waals surface area contributed by atoms with E-state index in [0.717, 1.165) is 6.20 Å². The Morgan fingerprint density at radius 2 is 2.27 bits per heavy atom. The van der Waals surface area contributed by atoms with Crippen molar-refractivity contribution in [3.05, 3.63) is 28.8 Å². The van der Waals surface area contributed by atoms with Crippen LogP contribution in [0, 0.1) is 5.95 Å². The quantitative estimate of drug-likeness (QED) is 0.508. The maximum absolute atomic E-state index is 12.3. The van der Waals surface area contributed by atoms with Gasteiger partial charge in [-0.05, 0) is 6.07 Å². The Kier molecular flexibility index (Phi) is 4.00. The molecule has 0 aromatic carbocycles. The van der Waals surface area contributed by atoms with Crippen LogP contribution >= 0.6 is 24.0 Å². The number of rotatable bonds is 1. The number of hydrogen-bond donors (Lipinski definition) is 0. The highest BCUT2D eigenvalue weighted by Gasteiger charge is 1.99. The van der Waals surface area contributed by atoms with E-state index in [1.54, 1.807) is 0 Å². The van der Waals surface area contributed by atoms with Crippen LogP contribution in [-0.2, 0) is 0 Å². The third kappa shape index (κ3) is 2.44. The molecule has 5 heteroatoms. The summed E-state index contributed by atoms with van der Waals surface area (Å²) in [6.07, 6.45) is 1.67. The predicted octanol–water partition coefficient (Wildman–Crippen LogP) is 2.11. The summed E-state index contributed by atoms with van der Waals surface area (Å²) >= 11 is 5.30. The molecule has 1 aromatic heterocycles. The van der Waals surface area contributed by atoms with E-state index in [4.69, 9.17) is 11.6 Å². The number of aromatic nitrogens is 1. The van der Waals surface area contributed by atoms with Gasteiger partial charge in [0.1, 0.15) is 0 Å². The molecule has 0 saturated carbocycles. The molecule has 0 aliphatic carbocycles. The van der Waals surface area contributed by atoms with Crippen molar-refractivity contribution in [1.29, 1.82) is 0 Å². The van der Waals surface area contributed by atoms with Crippen LogP contribution < -0.4 is 0 Å². The van der Waals surface area contributed by atoms with Crippen LogP contribution in [0.1, 0.15) is 10.4 Å². The number of pyridine rings is 1. The van der Waals surface area contributed by atoms with E-state index in [9.17, 15) is 9.18 Å². The van der Waals surface area contributed by atoms with Crippen LogP contribution in [-0.4, -0.2) is 11.3 Å². The Hall–Kier alpha value is -0.670. The molecule has 0 spiro atoms. The Labute approximate surface area is 73.8 Å². The number of carbonyl (C=O) groups excluding carboxylic acids is 1. The van der Waals surface area contributed by atoms with E-state index in [1.165, 1.54) is 6.07 Å². The highest BCUT2D eigenvalue weighted by molar-refractivity contribution is 6.30. The maximum atomic E-state index is 12.3. The molecule has 0 atom stereocenters. The molecule has 11 heavy (non-hydrogen) atoms. The summed E-state index contributed by atoms with van der Waals surface area (Å²) in [6, 6.07) is 1.22. The van der Waals surface area contributed by atoms with Crippen molar-refractivity contribution in [2.75, 3.05) is 0 Å². The van der Waals surface area contributed by atoms with Gasteiger partial charge < -0.3 is 0 Å². The molecule has 0 fully saturated rings. The fraction of sp³-hybridized carbons (Fsp3) is 0. The van der Waals surface area contributed by atoms with Crippen LogP contribution in [0.15, 0.2) is 12.3 Å². The summed E-state index contributed by atoms with van der Waals surface area (Å²) in [6.45, 7) is 0. The molecule has 0 radical (unpaired) electrons. The lowest BCUT2D eigenvalue weighted by molar-refractivity contribution is 0.112. The second-order valence-corrected chi connectivity index (χ2v) is 2.07. The Balaban J connectivity index is 0.000001000. The van der Waals surface area contributed by atoms with Gasteiger partial charge in [0.15, 0.2) is 6.29 Å². The van der Waals surface area contributed by atoms with Gasteiger partial charge in [-0.2, -0.15) is 4.39 Å². The molecule has 60 valence electrons. The molecule has 0 saturated heterocycles. The van der Waals surface area contributed by atoms with Crippen molar-refractivity contribution in [1.82, 2.24) is 4.98 Å². The molecule has 0 bridgehead atoms. The maximum Gasteiger partial charge on any atom is 0.231 e. The Morgan fingerprint density at radius 3 is 2.73 bits per heavy atom. The number of carbonyl (C=O) groups is 1. The number of aldehydes is 1. The zero-order valence-electron chi connectivity index (χ0n) is 5.25. The predicted molar refractivity (Wildman–Crippen MR) is 41.8 cm³/mol. The lowest BCUT2D eigenvalue weighted by Gasteiger charge is -1.91. The van der Waals surface area contributed by atoms with Crippen LogP contribution in [0.3, 0.4) is 0 Å². The van der Waals surface area contributed by atoms with Crippen molar-refractivity contribution in [2.24, 2.45) is 0 Å². The van der Waals surface area contributed by atoms with E-state index in [1.807, 2.05) is 0 Å². The highest BCUT2D eigenvalue weighted by Crippen LogP contribution is 2.11. The molecule has 0 unspecified atom stereocenters. The standard InChI is InChI=1S/C6H3ClFNO.ClH/c7-5-1-4(3-10)2-9-6(5)8;/h1-3H;1H. The highest BCUT2D eigenvalue weighted by atomic mass is 35.5. The van der Waals surface area contributed by atoms with Crippen LogP contribution in [0.4, 0.5) is 4.39 Å². The summed E-state index contributed by atoms with van der Waals surface area (Å²) < 4.78 is 12.3. The number of halogens is 3. The van der Waals surface area contributed by atoms with Gasteiger partial charge in [0, 0.05) is 11.8 Å². The van der Waals surface area contributed by atoms with Gasteiger partial charge in [-0.15, -0.1) is 12.4 Å². The average Bonchev–Trinajstić information content (AvgIpc) is 1.95. The molecule has 0 amide bonds. The lowest BCUT2D eigenvalue weighted by atomic mass is 10.3. The zero-order chi connectivity index (χ0) is 7.56. The molecule has 1 rings (SSSR count). The lowest BCUT2D eigenvalue weighted by Crippen LogP contribution is -1.87. The normalized spacial score (nSPS) is 8.55. The van der Waals surface area contributed by atoms with E-state index < -0.39 is 5.95 Å². The fourth-order valence-corrected chi connectivity index (χ4v) is 0.675. The smallest absolute Gasteiger partial charge is 0.231 e. The van der Waals surface area contributed by atoms with Crippen LogP contribution in [0.25, 0.3) is 0 Å². The second-order valence-electron chi connectivity index (χ2n) is 1.66. The molecular weight excluding hydrogens is 192 g/mol. The largest absolute Gasteiger partial charge is 0.298 e. The van der Waals surface area contributed by atoms with E-state index in [-0.39, 0.29) is 23.0 Å². The fourth-order valence-electron chi connectivity index (χ4n) is 0.500. The van der Waals surface area contributed by atoms with Crippen molar-refractivity contribution >= 4 is 30.3 Å². The molecule has 0 aliphatic heterocycles. The van der Waals surface area contributed by atoms with E-state index >= 15 is 0 Å². The van der Waals surface area contributed by atoms with Crippen molar-refractivity contribution in [3.8, 4) is 0 Å². The number of nitrogens with zero attached hydrogens (tertiary/aromatic N) is 1. The van der Waals surface area contributed by atoms with Crippen LogP contribution in [0.5, 0.6) is 0 Å². The van der Waals surface area contributed by atoms with E-state index in [2.05, 4.69) is 4.98 Å². The van der Waals surface area contributed by atoms with Crippen molar-refractivity contribution in [3.63, 3.8) is 0 Å².